The molecule has 0 bridgehead atoms. The van der Waals surface area contributed by atoms with Gasteiger partial charge in [0, 0.05) is 10.0 Å². The van der Waals surface area contributed by atoms with Gasteiger partial charge in [-0.3, -0.25) is 9.69 Å². The van der Waals surface area contributed by atoms with Crippen LogP contribution in [0.5, 0.6) is 0 Å². The number of aromatic nitrogens is 1. The number of rotatable bonds is 4. The van der Waals surface area contributed by atoms with Crippen LogP contribution in [0.25, 0.3) is 10.2 Å². The van der Waals surface area contributed by atoms with Crippen LogP contribution in [-0.2, 0) is 6.54 Å². The van der Waals surface area contributed by atoms with E-state index in [4.69, 9.17) is 4.42 Å². The number of furan rings is 1. The van der Waals surface area contributed by atoms with Crippen LogP contribution in [0.3, 0.4) is 0 Å². The molecule has 0 fully saturated rings. The van der Waals surface area contributed by atoms with Gasteiger partial charge in [-0.1, -0.05) is 33.3 Å². The number of hydrogen-bond donors (Lipinski definition) is 0. The highest BCUT2D eigenvalue weighted by Gasteiger charge is 2.23. The number of carbonyl (C=O) groups excluding carboxylic acids is 1. The number of hydrogen-bond acceptors (Lipinski definition) is 4. The van der Waals surface area contributed by atoms with Crippen molar-refractivity contribution in [3.8, 4) is 0 Å². The summed E-state index contributed by atoms with van der Waals surface area (Å²) in [5.41, 5.74) is 1.06. The van der Waals surface area contributed by atoms with Gasteiger partial charge in [0.05, 0.1) is 23.0 Å². The molecular weight excluding hydrogens is 419 g/mol. The molecule has 2 aromatic carbocycles. The second-order valence-corrected chi connectivity index (χ2v) is 7.51. The molecule has 4 rings (SSSR count). The molecule has 0 spiro atoms. The second-order valence-electron chi connectivity index (χ2n) is 5.59. The molecule has 0 atom stereocenters. The van der Waals surface area contributed by atoms with Crippen molar-refractivity contribution in [2.75, 3.05) is 4.90 Å². The Balaban J connectivity index is 1.77. The van der Waals surface area contributed by atoms with Gasteiger partial charge < -0.3 is 4.42 Å². The van der Waals surface area contributed by atoms with E-state index in [-0.39, 0.29) is 18.0 Å². The summed E-state index contributed by atoms with van der Waals surface area (Å²) in [5.74, 6) is -0.170. The number of thiazole rings is 1. The van der Waals surface area contributed by atoms with Gasteiger partial charge in [0.25, 0.3) is 5.91 Å². The quantitative estimate of drug-likeness (QED) is 0.420. The molecule has 2 aromatic heterocycles. The third-order valence-electron chi connectivity index (χ3n) is 3.78. The molecule has 7 heteroatoms. The molecule has 4 aromatic rings. The van der Waals surface area contributed by atoms with Crippen LogP contribution in [-0.4, -0.2) is 10.9 Å². The minimum Gasteiger partial charge on any atom is -0.467 e. The molecule has 0 aliphatic heterocycles. The van der Waals surface area contributed by atoms with E-state index in [9.17, 15) is 9.18 Å². The van der Waals surface area contributed by atoms with Crippen LogP contribution in [0.15, 0.2) is 69.8 Å². The molecule has 2 heterocycles. The van der Waals surface area contributed by atoms with Crippen LogP contribution in [0.1, 0.15) is 16.1 Å². The van der Waals surface area contributed by atoms with E-state index in [1.807, 2.05) is 18.2 Å². The molecule has 0 N–H and O–H groups in total. The van der Waals surface area contributed by atoms with Crippen LogP contribution < -0.4 is 4.90 Å². The first-order valence-electron chi connectivity index (χ1n) is 7.76. The van der Waals surface area contributed by atoms with Gasteiger partial charge >= 0.3 is 0 Å². The lowest BCUT2D eigenvalue weighted by atomic mass is 10.2. The lowest BCUT2D eigenvalue weighted by Crippen LogP contribution is -2.30. The standard InChI is InChI=1S/C19H12BrFN2O2S/c20-13-6-7-16-17(10-13)26-19(22-16)23(11-15-5-2-8-25-15)18(24)12-3-1-4-14(21)9-12/h1-10H,11H2. The van der Waals surface area contributed by atoms with Gasteiger partial charge in [0.2, 0.25) is 0 Å². The Kier molecular flexibility index (Phi) is 4.57. The topological polar surface area (TPSA) is 46.3 Å². The van der Waals surface area contributed by atoms with Crippen LogP contribution in [0, 0.1) is 5.82 Å². The lowest BCUT2D eigenvalue weighted by Gasteiger charge is -2.18. The molecule has 0 radical (unpaired) electrons. The van der Waals surface area contributed by atoms with Gasteiger partial charge in [-0.05, 0) is 48.5 Å². The zero-order valence-corrected chi connectivity index (χ0v) is 15.8. The van der Waals surface area contributed by atoms with Crippen molar-refractivity contribution in [2.45, 2.75) is 6.54 Å². The van der Waals surface area contributed by atoms with Crippen LogP contribution in [0.4, 0.5) is 9.52 Å². The van der Waals surface area contributed by atoms with E-state index in [0.29, 0.717) is 10.9 Å². The monoisotopic (exact) mass is 430 g/mol. The Morgan fingerprint density at radius 3 is 2.85 bits per heavy atom. The summed E-state index contributed by atoms with van der Waals surface area (Å²) < 4.78 is 20.9. The highest BCUT2D eigenvalue weighted by atomic mass is 79.9. The predicted molar refractivity (Wildman–Crippen MR) is 103 cm³/mol. The Labute approximate surface area is 161 Å². The average molecular weight is 431 g/mol. The van der Waals surface area contributed by atoms with Crippen molar-refractivity contribution < 1.29 is 13.6 Å². The number of halogens is 2. The Morgan fingerprint density at radius 2 is 2.08 bits per heavy atom. The highest BCUT2D eigenvalue weighted by Crippen LogP contribution is 2.32. The fraction of sp³-hybridized carbons (Fsp3) is 0.0526. The third kappa shape index (κ3) is 3.40. The van der Waals surface area contributed by atoms with Crippen molar-refractivity contribution in [1.82, 2.24) is 4.98 Å². The van der Waals surface area contributed by atoms with Gasteiger partial charge in [0.1, 0.15) is 11.6 Å². The van der Waals surface area contributed by atoms with Crippen molar-refractivity contribution in [3.63, 3.8) is 0 Å². The van der Waals surface area contributed by atoms with Crippen LogP contribution >= 0.6 is 27.3 Å². The maximum atomic E-state index is 13.6. The number of benzene rings is 2. The van der Waals surface area contributed by atoms with Gasteiger partial charge in [0.15, 0.2) is 5.13 Å². The molecular formula is C19H12BrFN2O2S. The number of anilines is 1. The van der Waals surface area contributed by atoms with Crippen molar-refractivity contribution in [2.24, 2.45) is 0 Å². The Morgan fingerprint density at radius 1 is 1.19 bits per heavy atom. The molecule has 0 saturated carbocycles. The molecule has 0 saturated heterocycles. The average Bonchev–Trinajstić information content (AvgIpc) is 3.28. The smallest absolute Gasteiger partial charge is 0.260 e. The maximum absolute atomic E-state index is 13.6. The van der Waals surface area contributed by atoms with Gasteiger partial charge in [-0.25, -0.2) is 9.37 Å². The third-order valence-corrected chi connectivity index (χ3v) is 5.32. The summed E-state index contributed by atoms with van der Waals surface area (Å²) in [6, 6.07) is 14.9. The molecule has 0 aliphatic rings. The summed E-state index contributed by atoms with van der Waals surface area (Å²) in [6.45, 7) is 0.212. The van der Waals surface area contributed by atoms with E-state index < -0.39 is 5.82 Å². The van der Waals surface area contributed by atoms with E-state index in [1.54, 1.807) is 24.5 Å². The normalized spacial score (nSPS) is 11.0. The summed E-state index contributed by atoms with van der Waals surface area (Å²) in [5, 5.41) is 0.531. The minimum absolute atomic E-state index is 0.212. The van der Waals surface area contributed by atoms with E-state index in [0.717, 1.165) is 14.7 Å². The minimum atomic E-state index is -0.456. The zero-order valence-electron chi connectivity index (χ0n) is 13.4. The Hall–Kier alpha value is -2.51. The Bertz CT molecular complexity index is 1080. The summed E-state index contributed by atoms with van der Waals surface area (Å²) >= 11 is 4.84. The first kappa shape index (κ1) is 16.9. The second kappa shape index (κ2) is 7.01. The fourth-order valence-electron chi connectivity index (χ4n) is 2.56. The van der Waals surface area contributed by atoms with Gasteiger partial charge in [-0.15, -0.1) is 0 Å². The predicted octanol–water partition coefficient (Wildman–Crippen LogP) is 5.64. The van der Waals surface area contributed by atoms with Crippen molar-refractivity contribution in [1.29, 1.82) is 0 Å². The molecule has 4 nitrogen and oxygen atoms in total. The summed E-state index contributed by atoms with van der Waals surface area (Å²) in [6.07, 6.45) is 1.55. The van der Waals surface area contributed by atoms with Crippen molar-refractivity contribution >= 4 is 48.5 Å². The molecule has 26 heavy (non-hydrogen) atoms. The molecule has 130 valence electrons. The van der Waals surface area contributed by atoms with E-state index >= 15 is 0 Å². The highest BCUT2D eigenvalue weighted by molar-refractivity contribution is 9.10. The lowest BCUT2D eigenvalue weighted by molar-refractivity contribution is 0.0983. The van der Waals surface area contributed by atoms with Crippen molar-refractivity contribution in [3.05, 3.63) is 82.5 Å². The first-order chi connectivity index (χ1) is 12.6. The molecule has 1 amide bonds. The number of fused-ring (bicyclic) bond motifs is 1. The fourth-order valence-corrected chi connectivity index (χ4v) is 4.08. The zero-order chi connectivity index (χ0) is 18.1. The van der Waals surface area contributed by atoms with E-state index in [2.05, 4.69) is 20.9 Å². The molecule has 0 aliphatic carbocycles. The number of amides is 1. The SMILES string of the molecule is O=C(c1cccc(F)c1)N(Cc1ccco1)c1nc2ccc(Br)cc2s1. The molecule has 0 unspecified atom stereocenters. The van der Waals surface area contributed by atoms with Crippen LogP contribution in [0.2, 0.25) is 0 Å². The maximum Gasteiger partial charge on any atom is 0.260 e. The first-order valence-corrected chi connectivity index (χ1v) is 9.37. The number of carbonyl (C=O) groups is 1. The largest absolute Gasteiger partial charge is 0.467 e. The van der Waals surface area contributed by atoms with Gasteiger partial charge in [-0.2, -0.15) is 0 Å². The van der Waals surface area contributed by atoms with E-state index in [1.165, 1.54) is 34.4 Å². The number of nitrogens with zero attached hydrogens (tertiary/aromatic N) is 2. The summed E-state index contributed by atoms with van der Waals surface area (Å²) in [7, 11) is 0. The summed E-state index contributed by atoms with van der Waals surface area (Å²) in [4.78, 5) is 19.1.